The highest BCUT2D eigenvalue weighted by atomic mass is 16.1. The molecule has 1 aromatic heterocycles. The van der Waals surface area contributed by atoms with Crippen LogP contribution in [0.15, 0.2) is 12.4 Å². The summed E-state index contributed by atoms with van der Waals surface area (Å²) in [5.41, 5.74) is 5.39. The Bertz CT molecular complexity index is 320. The number of imidazole rings is 1. The summed E-state index contributed by atoms with van der Waals surface area (Å²) in [5.74, 6) is 1.32. The number of carbonyl (C=O) groups excluding carboxylic acids is 1. The highest BCUT2D eigenvalue weighted by molar-refractivity contribution is 5.78. The fourth-order valence-electron chi connectivity index (χ4n) is 1.66. The monoisotopic (exact) mass is 223 g/mol. The van der Waals surface area contributed by atoms with E-state index < -0.39 is 0 Å². The summed E-state index contributed by atoms with van der Waals surface area (Å²) in [7, 11) is 1.95. The fraction of sp³-hybridized carbons (Fsp3) is 0.667. The van der Waals surface area contributed by atoms with E-state index in [4.69, 9.17) is 5.73 Å². The summed E-state index contributed by atoms with van der Waals surface area (Å²) < 4.78 is 1.96. The first-order valence-corrected chi connectivity index (χ1v) is 5.92. The van der Waals surface area contributed by atoms with E-state index >= 15 is 0 Å². The summed E-state index contributed by atoms with van der Waals surface area (Å²) in [4.78, 5) is 15.7. The van der Waals surface area contributed by atoms with E-state index in [9.17, 15) is 4.79 Å². The van der Waals surface area contributed by atoms with Crippen LogP contribution < -0.4 is 5.73 Å². The molecule has 0 saturated carbocycles. The molecule has 1 aromatic rings. The summed E-state index contributed by atoms with van der Waals surface area (Å²) in [6, 6.07) is 0. The van der Waals surface area contributed by atoms with Gasteiger partial charge in [-0.05, 0) is 19.4 Å². The zero-order valence-corrected chi connectivity index (χ0v) is 9.98. The summed E-state index contributed by atoms with van der Waals surface area (Å²) >= 11 is 0. The van der Waals surface area contributed by atoms with Gasteiger partial charge in [-0.15, -0.1) is 0 Å². The molecule has 16 heavy (non-hydrogen) atoms. The standard InChI is InChI=1S/C12H21N3O/c1-15-10-9-14-12(15)7-6-11(16)5-3-2-4-8-13/h9-10H,2-8,13H2,1H3. The van der Waals surface area contributed by atoms with Crippen molar-refractivity contribution in [2.45, 2.75) is 38.5 Å². The van der Waals surface area contributed by atoms with E-state index in [0.29, 0.717) is 18.6 Å². The van der Waals surface area contributed by atoms with Crippen molar-refractivity contribution in [3.05, 3.63) is 18.2 Å². The molecule has 0 amide bonds. The van der Waals surface area contributed by atoms with Crippen LogP contribution in [-0.4, -0.2) is 21.9 Å². The molecule has 2 N–H and O–H groups in total. The molecule has 0 spiro atoms. The molecule has 0 saturated heterocycles. The zero-order valence-electron chi connectivity index (χ0n) is 9.98. The first kappa shape index (κ1) is 12.9. The van der Waals surface area contributed by atoms with Gasteiger partial charge in [-0.25, -0.2) is 4.98 Å². The Morgan fingerprint density at radius 3 is 2.81 bits per heavy atom. The summed E-state index contributed by atoms with van der Waals surface area (Å²) in [5, 5.41) is 0. The van der Waals surface area contributed by atoms with Gasteiger partial charge in [-0.2, -0.15) is 0 Å². The Labute approximate surface area is 96.9 Å². The van der Waals surface area contributed by atoms with E-state index in [1.807, 2.05) is 17.8 Å². The quantitative estimate of drug-likeness (QED) is 0.678. The van der Waals surface area contributed by atoms with E-state index in [2.05, 4.69) is 4.98 Å². The number of carbonyl (C=O) groups is 1. The Kier molecular flexibility index (Phi) is 5.78. The largest absolute Gasteiger partial charge is 0.338 e. The molecule has 0 atom stereocenters. The third-order valence-corrected chi connectivity index (χ3v) is 2.71. The number of ketones is 1. The van der Waals surface area contributed by atoms with Crippen molar-refractivity contribution in [2.24, 2.45) is 12.8 Å². The van der Waals surface area contributed by atoms with Gasteiger partial charge in [0.1, 0.15) is 11.6 Å². The van der Waals surface area contributed by atoms with Crippen LogP contribution in [0.25, 0.3) is 0 Å². The van der Waals surface area contributed by atoms with Gasteiger partial charge in [-0.1, -0.05) is 6.42 Å². The number of aromatic nitrogens is 2. The maximum atomic E-state index is 11.5. The van der Waals surface area contributed by atoms with Crippen molar-refractivity contribution < 1.29 is 4.79 Å². The highest BCUT2D eigenvalue weighted by Crippen LogP contribution is 2.05. The van der Waals surface area contributed by atoms with Gasteiger partial charge in [0.2, 0.25) is 0 Å². The maximum Gasteiger partial charge on any atom is 0.133 e. The predicted octanol–water partition coefficient (Wildman–Crippen LogP) is 1.44. The van der Waals surface area contributed by atoms with Crippen molar-refractivity contribution in [1.29, 1.82) is 0 Å². The fourth-order valence-corrected chi connectivity index (χ4v) is 1.66. The van der Waals surface area contributed by atoms with Gasteiger partial charge in [0.15, 0.2) is 0 Å². The van der Waals surface area contributed by atoms with Gasteiger partial charge >= 0.3 is 0 Å². The van der Waals surface area contributed by atoms with Gasteiger partial charge in [0.05, 0.1) is 0 Å². The molecule has 90 valence electrons. The minimum absolute atomic E-state index is 0.333. The Morgan fingerprint density at radius 2 is 2.19 bits per heavy atom. The van der Waals surface area contributed by atoms with E-state index in [0.717, 1.165) is 38.1 Å². The van der Waals surface area contributed by atoms with Crippen LogP contribution in [0.5, 0.6) is 0 Å². The number of nitrogens with two attached hydrogens (primary N) is 1. The Hall–Kier alpha value is -1.16. The van der Waals surface area contributed by atoms with Crippen LogP contribution in [0.4, 0.5) is 0 Å². The van der Waals surface area contributed by atoms with Gasteiger partial charge < -0.3 is 10.3 Å². The second-order valence-corrected chi connectivity index (χ2v) is 4.09. The van der Waals surface area contributed by atoms with Crippen molar-refractivity contribution in [3.8, 4) is 0 Å². The molecule has 0 aliphatic rings. The van der Waals surface area contributed by atoms with Gasteiger partial charge in [0.25, 0.3) is 0 Å². The number of rotatable bonds is 8. The molecule has 0 aliphatic carbocycles. The van der Waals surface area contributed by atoms with Crippen LogP contribution in [0, 0.1) is 0 Å². The van der Waals surface area contributed by atoms with Crippen LogP contribution >= 0.6 is 0 Å². The third-order valence-electron chi connectivity index (χ3n) is 2.71. The molecule has 0 bridgehead atoms. The molecular weight excluding hydrogens is 202 g/mol. The van der Waals surface area contributed by atoms with Crippen molar-refractivity contribution >= 4 is 5.78 Å². The van der Waals surface area contributed by atoms with E-state index in [1.54, 1.807) is 6.20 Å². The van der Waals surface area contributed by atoms with E-state index in [-0.39, 0.29) is 0 Å². The van der Waals surface area contributed by atoms with Gasteiger partial charge in [-0.3, -0.25) is 4.79 Å². The molecule has 0 aromatic carbocycles. The topological polar surface area (TPSA) is 60.9 Å². The lowest BCUT2D eigenvalue weighted by atomic mass is 10.1. The molecule has 0 fully saturated rings. The Morgan fingerprint density at radius 1 is 1.38 bits per heavy atom. The highest BCUT2D eigenvalue weighted by Gasteiger charge is 2.05. The van der Waals surface area contributed by atoms with Crippen LogP contribution in [-0.2, 0) is 18.3 Å². The number of aryl methyl sites for hydroxylation is 2. The van der Waals surface area contributed by atoms with E-state index in [1.165, 1.54) is 0 Å². The lowest BCUT2D eigenvalue weighted by Crippen LogP contribution is -2.04. The molecule has 0 radical (unpaired) electrons. The van der Waals surface area contributed by atoms with Crippen molar-refractivity contribution in [1.82, 2.24) is 9.55 Å². The number of unbranched alkanes of at least 4 members (excludes halogenated alkanes) is 2. The lowest BCUT2D eigenvalue weighted by molar-refractivity contribution is -0.119. The molecule has 0 aliphatic heterocycles. The normalized spacial score (nSPS) is 10.6. The molecular formula is C12H21N3O. The molecule has 1 rings (SSSR count). The number of nitrogens with zero attached hydrogens (tertiary/aromatic N) is 2. The first-order valence-electron chi connectivity index (χ1n) is 5.92. The van der Waals surface area contributed by atoms with Crippen molar-refractivity contribution in [3.63, 3.8) is 0 Å². The van der Waals surface area contributed by atoms with Crippen LogP contribution in [0.3, 0.4) is 0 Å². The first-order chi connectivity index (χ1) is 7.74. The van der Waals surface area contributed by atoms with Crippen molar-refractivity contribution in [2.75, 3.05) is 6.54 Å². The minimum atomic E-state index is 0.333. The van der Waals surface area contributed by atoms with Gasteiger partial charge in [0, 0.05) is 38.7 Å². The average molecular weight is 223 g/mol. The SMILES string of the molecule is Cn1ccnc1CCC(=O)CCCCCN. The zero-order chi connectivity index (χ0) is 11.8. The second-order valence-electron chi connectivity index (χ2n) is 4.09. The molecule has 4 heteroatoms. The summed E-state index contributed by atoms with van der Waals surface area (Å²) in [6.45, 7) is 0.724. The number of hydrogen-bond acceptors (Lipinski definition) is 3. The smallest absolute Gasteiger partial charge is 0.133 e. The second kappa shape index (κ2) is 7.17. The predicted molar refractivity (Wildman–Crippen MR) is 64.1 cm³/mol. The average Bonchev–Trinajstić information content (AvgIpc) is 2.67. The number of hydrogen-bond donors (Lipinski definition) is 1. The lowest BCUT2D eigenvalue weighted by Gasteiger charge is -2.02. The minimum Gasteiger partial charge on any atom is -0.338 e. The molecule has 0 unspecified atom stereocenters. The molecule has 4 nitrogen and oxygen atoms in total. The molecule has 1 heterocycles. The van der Waals surface area contributed by atoms with Crippen LogP contribution in [0.2, 0.25) is 0 Å². The maximum absolute atomic E-state index is 11.5. The number of Topliss-reactive ketones (excluding diaryl/α,β-unsaturated/α-hetero) is 1. The van der Waals surface area contributed by atoms with Crippen LogP contribution in [0.1, 0.15) is 37.9 Å². The summed E-state index contributed by atoms with van der Waals surface area (Å²) in [6.07, 6.45) is 8.76. The Balaban J connectivity index is 2.13. The third kappa shape index (κ3) is 4.57.